The first-order valence-corrected chi connectivity index (χ1v) is 7.95. The minimum absolute atomic E-state index is 0.127. The van der Waals surface area contributed by atoms with Gasteiger partial charge in [0.1, 0.15) is 11.5 Å². The van der Waals surface area contributed by atoms with Crippen LogP contribution < -0.4 is 10.1 Å². The second kappa shape index (κ2) is 7.21. The number of benzene rings is 1. The summed E-state index contributed by atoms with van der Waals surface area (Å²) in [6, 6.07) is 9.20. The van der Waals surface area contributed by atoms with Gasteiger partial charge in [-0.25, -0.2) is 4.68 Å². The maximum atomic E-state index is 12.1. The Morgan fingerprint density at radius 1 is 1.40 bits per heavy atom. The molecule has 2 heterocycles. The summed E-state index contributed by atoms with van der Waals surface area (Å²) in [5, 5.41) is 11.1. The van der Waals surface area contributed by atoms with Gasteiger partial charge >= 0.3 is 0 Å². The summed E-state index contributed by atoms with van der Waals surface area (Å²) in [5.41, 5.74) is 2.56. The van der Waals surface area contributed by atoms with Crippen LogP contribution in [0.15, 0.2) is 47.2 Å². The molecule has 25 heavy (non-hydrogen) atoms. The molecule has 0 fully saturated rings. The summed E-state index contributed by atoms with van der Waals surface area (Å²) in [5.74, 6) is 1.19. The molecule has 0 unspecified atom stereocenters. The quantitative estimate of drug-likeness (QED) is 0.746. The monoisotopic (exact) mass is 340 g/mol. The maximum absolute atomic E-state index is 12.1. The molecule has 130 valence electrons. The smallest absolute Gasteiger partial charge is 0.228 e. The average molecular weight is 340 g/mol. The first kappa shape index (κ1) is 16.8. The van der Waals surface area contributed by atoms with Crippen LogP contribution in [-0.2, 0) is 11.2 Å². The Hall–Kier alpha value is -3.09. The van der Waals surface area contributed by atoms with Crippen molar-refractivity contribution in [3.05, 3.63) is 59.7 Å². The molecular weight excluding hydrogens is 320 g/mol. The number of nitrogens with one attached hydrogen (secondary N) is 1. The van der Waals surface area contributed by atoms with Crippen LogP contribution in [0.4, 0.5) is 0 Å². The van der Waals surface area contributed by atoms with Gasteiger partial charge in [-0.3, -0.25) is 4.79 Å². The average Bonchev–Trinajstić information content (AvgIpc) is 3.24. The Bertz CT molecular complexity index is 869. The van der Waals surface area contributed by atoms with Crippen LogP contribution in [0.3, 0.4) is 0 Å². The second-order valence-electron chi connectivity index (χ2n) is 5.82. The van der Waals surface area contributed by atoms with E-state index < -0.39 is 0 Å². The van der Waals surface area contributed by atoms with E-state index in [0.29, 0.717) is 5.76 Å². The standard InChI is InChI=1S/C18H20N4O3/c1-12-7-17(25-21-12)9-18(23)20-13(2)14-10-19-22(11-14)15-5-4-6-16(8-15)24-3/h4-8,10-11,13H,9H2,1-3H3,(H,20,23)/t13-/m1/s1. The Morgan fingerprint density at radius 2 is 2.24 bits per heavy atom. The van der Waals surface area contributed by atoms with Crippen LogP contribution in [0.1, 0.15) is 30.0 Å². The Balaban J connectivity index is 1.65. The lowest BCUT2D eigenvalue weighted by Gasteiger charge is -2.11. The summed E-state index contributed by atoms with van der Waals surface area (Å²) in [6.45, 7) is 3.73. The molecule has 7 nitrogen and oxygen atoms in total. The molecule has 0 aliphatic heterocycles. The number of hydrogen-bond donors (Lipinski definition) is 1. The highest BCUT2D eigenvalue weighted by molar-refractivity contribution is 5.78. The van der Waals surface area contributed by atoms with Crippen LogP contribution in [0.5, 0.6) is 5.75 Å². The predicted molar refractivity (Wildman–Crippen MR) is 91.6 cm³/mol. The van der Waals surface area contributed by atoms with Crippen molar-refractivity contribution in [2.24, 2.45) is 0 Å². The topological polar surface area (TPSA) is 82.2 Å². The highest BCUT2D eigenvalue weighted by Gasteiger charge is 2.14. The molecule has 3 aromatic rings. The molecule has 7 heteroatoms. The fourth-order valence-electron chi connectivity index (χ4n) is 2.49. The van der Waals surface area contributed by atoms with E-state index in [-0.39, 0.29) is 18.4 Å². The van der Waals surface area contributed by atoms with Crippen LogP contribution >= 0.6 is 0 Å². The molecular formula is C18H20N4O3. The van der Waals surface area contributed by atoms with Gasteiger partial charge in [0.05, 0.1) is 37.2 Å². The van der Waals surface area contributed by atoms with E-state index >= 15 is 0 Å². The number of ether oxygens (including phenoxy) is 1. The number of aryl methyl sites for hydroxylation is 1. The van der Waals surface area contributed by atoms with Crippen LogP contribution in [0.2, 0.25) is 0 Å². The third-order valence-electron chi connectivity index (χ3n) is 3.81. The number of nitrogens with zero attached hydrogens (tertiary/aromatic N) is 3. The summed E-state index contributed by atoms with van der Waals surface area (Å²) >= 11 is 0. The van der Waals surface area contributed by atoms with Gasteiger partial charge in [-0.1, -0.05) is 11.2 Å². The van der Waals surface area contributed by atoms with Crippen molar-refractivity contribution >= 4 is 5.91 Å². The minimum atomic E-state index is -0.170. The molecule has 3 rings (SSSR count). The Labute approximate surface area is 145 Å². The zero-order valence-corrected chi connectivity index (χ0v) is 14.4. The van der Waals surface area contributed by atoms with Crippen molar-refractivity contribution in [3.8, 4) is 11.4 Å². The van der Waals surface area contributed by atoms with Crippen molar-refractivity contribution in [1.29, 1.82) is 0 Å². The second-order valence-corrected chi connectivity index (χ2v) is 5.82. The van der Waals surface area contributed by atoms with E-state index in [1.807, 2.05) is 44.3 Å². The molecule has 0 saturated heterocycles. The van der Waals surface area contributed by atoms with Crippen molar-refractivity contribution in [2.45, 2.75) is 26.3 Å². The molecule has 1 N–H and O–H groups in total. The lowest BCUT2D eigenvalue weighted by atomic mass is 10.2. The van der Waals surface area contributed by atoms with Crippen molar-refractivity contribution in [2.75, 3.05) is 7.11 Å². The first-order valence-electron chi connectivity index (χ1n) is 7.95. The predicted octanol–water partition coefficient (Wildman–Crippen LogP) is 2.60. The van der Waals surface area contributed by atoms with Crippen LogP contribution in [0.25, 0.3) is 5.69 Å². The Kier molecular flexibility index (Phi) is 4.83. The zero-order chi connectivity index (χ0) is 17.8. The summed E-state index contributed by atoms with van der Waals surface area (Å²) in [6.07, 6.45) is 3.79. The van der Waals surface area contributed by atoms with Gasteiger partial charge in [0.15, 0.2) is 0 Å². The number of aromatic nitrogens is 3. The number of hydrogen-bond acceptors (Lipinski definition) is 5. The summed E-state index contributed by atoms with van der Waals surface area (Å²) < 4.78 is 12.0. The third-order valence-corrected chi connectivity index (χ3v) is 3.81. The van der Waals surface area contributed by atoms with Gasteiger partial charge in [0.2, 0.25) is 5.91 Å². The van der Waals surface area contributed by atoms with E-state index in [2.05, 4.69) is 15.6 Å². The lowest BCUT2D eigenvalue weighted by Crippen LogP contribution is -2.27. The largest absolute Gasteiger partial charge is 0.497 e. The molecule has 1 aromatic carbocycles. The van der Waals surface area contributed by atoms with Gasteiger partial charge in [-0.2, -0.15) is 5.10 Å². The number of carbonyl (C=O) groups excluding carboxylic acids is 1. The van der Waals surface area contributed by atoms with Crippen molar-refractivity contribution in [1.82, 2.24) is 20.3 Å². The van der Waals surface area contributed by atoms with Crippen LogP contribution in [-0.4, -0.2) is 28.0 Å². The fraction of sp³-hybridized carbons (Fsp3) is 0.278. The number of carbonyl (C=O) groups is 1. The van der Waals surface area contributed by atoms with Crippen LogP contribution in [0, 0.1) is 6.92 Å². The van der Waals surface area contributed by atoms with E-state index in [4.69, 9.17) is 9.26 Å². The van der Waals surface area contributed by atoms with E-state index in [1.54, 1.807) is 24.1 Å². The van der Waals surface area contributed by atoms with Gasteiger partial charge in [0.25, 0.3) is 0 Å². The zero-order valence-electron chi connectivity index (χ0n) is 14.4. The molecule has 1 atom stereocenters. The van der Waals surface area contributed by atoms with E-state index in [9.17, 15) is 4.79 Å². The molecule has 1 amide bonds. The normalized spacial score (nSPS) is 12.0. The number of amides is 1. The van der Waals surface area contributed by atoms with E-state index in [0.717, 1.165) is 22.7 Å². The summed E-state index contributed by atoms with van der Waals surface area (Å²) in [7, 11) is 1.63. The highest BCUT2D eigenvalue weighted by atomic mass is 16.5. The van der Waals surface area contributed by atoms with Gasteiger partial charge in [0, 0.05) is 23.9 Å². The van der Waals surface area contributed by atoms with Crippen molar-refractivity contribution < 1.29 is 14.1 Å². The lowest BCUT2D eigenvalue weighted by molar-refractivity contribution is -0.121. The molecule has 0 saturated carbocycles. The first-order chi connectivity index (χ1) is 12.0. The minimum Gasteiger partial charge on any atom is -0.497 e. The summed E-state index contributed by atoms with van der Waals surface area (Å²) in [4.78, 5) is 12.1. The SMILES string of the molecule is COc1cccc(-n2cc([C@@H](C)NC(=O)Cc3cc(C)no3)cn2)c1. The van der Waals surface area contributed by atoms with Gasteiger partial charge in [-0.05, 0) is 26.0 Å². The fourth-order valence-corrected chi connectivity index (χ4v) is 2.49. The highest BCUT2D eigenvalue weighted by Crippen LogP contribution is 2.18. The van der Waals surface area contributed by atoms with Crippen molar-refractivity contribution in [3.63, 3.8) is 0 Å². The molecule has 2 aromatic heterocycles. The molecule has 0 bridgehead atoms. The number of rotatable bonds is 6. The third kappa shape index (κ3) is 4.06. The Morgan fingerprint density at radius 3 is 2.96 bits per heavy atom. The molecule has 0 radical (unpaired) electrons. The maximum Gasteiger partial charge on any atom is 0.228 e. The molecule has 0 spiro atoms. The van der Waals surface area contributed by atoms with Gasteiger partial charge in [-0.15, -0.1) is 0 Å². The molecule has 0 aliphatic carbocycles. The molecule has 0 aliphatic rings. The van der Waals surface area contributed by atoms with E-state index in [1.165, 1.54) is 0 Å². The number of methoxy groups -OCH3 is 1. The van der Waals surface area contributed by atoms with Gasteiger partial charge < -0.3 is 14.6 Å².